The van der Waals surface area contributed by atoms with Gasteiger partial charge in [0, 0.05) is 26.3 Å². The third kappa shape index (κ3) is 2.89. The minimum Gasteiger partial charge on any atom is -0.391 e. The lowest BCUT2D eigenvalue weighted by Crippen LogP contribution is -1.91. The van der Waals surface area contributed by atoms with Crippen LogP contribution in [-0.4, -0.2) is 23.8 Å². The molecule has 0 atom stereocenters. The largest absolute Gasteiger partial charge is 0.391 e. The van der Waals surface area contributed by atoms with E-state index in [1.807, 2.05) is 0 Å². The first-order chi connectivity index (χ1) is 5.86. The van der Waals surface area contributed by atoms with Crippen molar-refractivity contribution in [2.24, 2.45) is 0 Å². The van der Waals surface area contributed by atoms with Crippen molar-refractivity contribution in [1.29, 1.82) is 0 Å². The number of hydrogen-bond acceptors (Lipinski definition) is 4. The van der Waals surface area contributed by atoms with E-state index in [-0.39, 0.29) is 6.61 Å². The number of thiazole rings is 1. The zero-order chi connectivity index (χ0) is 8.81. The Bertz CT molecular complexity index is 225. The molecule has 0 aliphatic carbocycles. The molecule has 0 bridgehead atoms. The van der Waals surface area contributed by atoms with Gasteiger partial charge in [0.05, 0.1) is 16.5 Å². The average Bonchev–Trinajstić information content (AvgIpc) is 2.53. The zero-order valence-electron chi connectivity index (χ0n) is 7.12. The lowest BCUT2D eigenvalue weighted by atomic mass is 10.3. The number of rotatable bonds is 5. The van der Waals surface area contributed by atoms with Crippen LogP contribution in [0.2, 0.25) is 0 Å². The maximum atomic E-state index is 8.77. The van der Waals surface area contributed by atoms with Crippen LogP contribution < -0.4 is 0 Å². The van der Waals surface area contributed by atoms with Gasteiger partial charge in [-0.25, -0.2) is 4.98 Å². The lowest BCUT2D eigenvalue weighted by molar-refractivity contribution is 0.195. The first kappa shape index (κ1) is 9.64. The van der Waals surface area contributed by atoms with Crippen molar-refractivity contribution < 1.29 is 9.84 Å². The molecular weight excluding hydrogens is 174 g/mol. The Balaban J connectivity index is 2.31. The van der Waals surface area contributed by atoms with Gasteiger partial charge in [-0.2, -0.15) is 0 Å². The summed E-state index contributed by atoms with van der Waals surface area (Å²) in [5.41, 5.74) is 0. The maximum absolute atomic E-state index is 8.77. The fourth-order valence-corrected chi connectivity index (χ4v) is 1.73. The Morgan fingerprint density at radius 1 is 1.67 bits per heavy atom. The molecule has 1 aromatic heterocycles. The van der Waals surface area contributed by atoms with E-state index in [0.29, 0.717) is 0 Å². The molecule has 1 aromatic rings. The number of aliphatic hydroxyl groups excluding tert-OH is 1. The predicted octanol–water partition coefficient (Wildman–Crippen LogP) is 1.21. The number of aromatic nitrogens is 1. The van der Waals surface area contributed by atoms with E-state index in [4.69, 9.17) is 9.84 Å². The first-order valence-electron chi connectivity index (χ1n) is 3.90. The number of aryl methyl sites for hydroxylation is 1. The normalized spacial score (nSPS) is 10.5. The monoisotopic (exact) mass is 187 g/mol. The average molecular weight is 187 g/mol. The van der Waals surface area contributed by atoms with Gasteiger partial charge in [0.25, 0.3) is 0 Å². The van der Waals surface area contributed by atoms with Gasteiger partial charge in [-0.1, -0.05) is 0 Å². The van der Waals surface area contributed by atoms with Crippen LogP contribution in [0.5, 0.6) is 0 Å². The molecule has 0 radical (unpaired) electrons. The molecule has 0 amide bonds. The third-order valence-corrected chi connectivity index (χ3v) is 2.54. The van der Waals surface area contributed by atoms with Crippen LogP contribution in [0, 0.1) is 0 Å². The summed E-state index contributed by atoms with van der Waals surface area (Å²) in [5.74, 6) is 0. The maximum Gasteiger partial charge on any atom is 0.0929 e. The van der Waals surface area contributed by atoms with Crippen molar-refractivity contribution in [2.75, 3.05) is 13.7 Å². The molecular formula is C8H13NO2S. The third-order valence-electron chi connectivity index (χ3n) is 1.50. The second-order valence-electron chi connectivity index (χ2n) is 2.47. The van der Waals surface area contributed by atoms with Gasteiger partial charge < -0.3 is 9.84 Å². The summed E-state index contributed by atoms with van der Waals surface area (Å²) < 4.78 is 4.92. The molecule has 0 saturated heterocycles. The molecule has 0 unspecified atom stereocenters. The smallest absolute Gasteiger partial charge is 0.0929 e. The highest BCUT2D eigenvalue weighted by Gasteiger charge is 1.99. The van der Waals surface area contributed by atoms with Crippen molar-refractivity contribution in [2.45, 2.75) is 19.4 Å². The predicted molar refractivity (Wildman–Crippen MR) is 48.2 cm³/mol. The van der Waals surface area contributed by atoms with Gasteiger partial charge in [-0.15, -0.1) is 11.3 Å². The van der Waals surface area contributed by atoms with Gasteiger partial charge in [0.2, 0.25) is 0 Å². The van der Waals surface area contributed by atoms with Crippen molar-refractivity contribution in [3.05, 3.63) is 16.1 Å². The summed E-state index contributed by atoms with van der Waals surface area (Å²) in [4.78, 5) is 5.09. The Morgan fingerprint density at radius 2 is 2.50 bits per heavy atom. The van der Waals surface area contributed by atoms with Crippen LogP contribution in [-0.2, 0) is 17.8 Å². The molecule has 68 valence electrons. The summed E-state index contributed by atoms with van der Waals surface area (Å²) in [7, 11) is 1.70. The highest BCUT2D eigenvalue weighted by molar-refractivity contribution is 7.11. The minimum absolute atomic E-state index is 0.0992. The number of methoxy groups -OCH3 is 1. The molecule has 0 spiro atoms. The zero-order valence-corrected chi connectivity index (χ0v) is 7.93. The number of hydrogen-bond donors (Lipinski definition) is 1. The summed E-state index contributed by atoms with van der Waals surface area (Å²) in [6.45, 7) is 0.871. The molecule has 0 aliphatic heterocycles. The van der Waals surface area contributed by atoms with Crippen LogP contribution >= 0.6 is 11.3 Å². The molecule has 12 heavy (non-hydrogen) atoms. The van der Waals surface area contributed by atoms with E-state index in [2.05, 4.69) is 4.98 Å². The molecule has 0 aromatic carbocycles. The number of ether oxygens (including phenoxy) is 1. The van der Waals surface area contributed by atoms with Gasteiger partial charge in [-0.05, 0) is 6.42 Å². The SMILES string of the molecule is COCCCc1ncc(CO)s1. The Hall–Kier alpha value is -0.450. The van der Waals surface area contributed by atoms with Crippen LogP contribution in [0.3, 0.4) is 0 Å². The number of aliphatic hydroxyl groups is 1. The van der Waals surface area contributed by atoms with Crippen LogP contribution in [0.15, 0.2) is 6.20 Å². The standard InChI is InChI=1S/C8H13NO2S/c1-11-4-2-3-8-9-5-7(6-10)12-8/h5,10H,2-4,6H2,1H3. The second-order valence-corrected chi connectivity index (χ2v) is 3.67. The van der Waals surface area contributed by atoms with Gasteiger partial charge >= 0.3 is 0 Å². The molecule has 0 aliphatic rings. The first-order valence-corrected chi connectivity index (χ1v) is 4.72. The fraction of sp³-hybridized carbons (Fsp3) is 0.625. The topological polar surface area (TPSA) is 42.4 Å². The summed E-state index contributed by atoms with van der Waals surface area (Å²) in [6.07, 6.45) is 3.67. The molecule has 3 nitrogen and oxygen atoms in total. The molecule has 4 heteroatoms. The van der Waals surface area contributed by atoms with E-state index in [1.54, 1.807) is 24.6 Å². The van der Waals surface area contributed by atoms with E-state index in [9.17, 15) is 0 Å². The highest BCUT2D eigenvalue weighted by Crippen LogP contribution is 2.13. The molecule has 1 N–H and O–H groups in total. The van der Waals surface area contributed by atoms with Crippen LogP contribution in [0.25, 0.3) is 0 Å². The number of nitrogens with zero attached hydrogens (tertiary/aromatic N) is 1. The van der Waals surface area contributed by atoms with Gasteiger partial charge in [-0.3, -0.25) is 0 Å². The summed E-state index contributed by atoms with van der Waals surface area (Å²) in [6, 6.07) is 0. The summed E-state index contributed by atoms with van der Waals surface area (Å²) in [5, 5.41) is 9.85. The van der Waals surface area contributed by atoms with Crippen molar-refractivity contribution in [1.82, 2.24) is 4.98 Å². The molecule has 1 heterocycles. The summed E-state index contributed by atoms with van der Waals surface area (Å²) >= 11 is 1.57. The van der Waals surface area contributed by atoms with Crippen molar-refractivity contribution in [3.8, 4) is 0 Å². The Labute approximate surface area is 76.0 Å². The minimum atomic E-state index is 0.0992. The molecule has 0 fully saturated rings. The molecule has 1 rings (SSSR count). The van der Waals surface area contributed by atoms with Gasteiger partial charge in [0.15, 0.2) is 0 Å². The Kier molecular flexibility index (Phi) is 4.21. The lowest BCUT2D eigenvalue weighted by Gasteiger charge is -1.94. The van der Waals surface area contributed by atoms with Gasteiger partial charge in [0.1, 0.15) is 0 Å². The Morgan fingerprint density at radius 3 is 3.08 bits per heavy atom. The van der Waals surface area contributed by atoms with E-state index in [0.717, 1.165) is 29.3 Å². The van der Waals surface area contributed by atoms with E-state index < -0.39 is 0 Å². The molecule has 0 saturated carbocycles. The van der Waals surface area contributed by atoms with Crippen LogP contribution in [0.4, 0.5) is 0 Å². The van der Waals surface area contributed by atoms with E-state index >= 15 is 0 Å². The quantitative estimate of drug-likeness (QED) is 0.705. The van der Waals surface area contributed by atoms with E-state index in [1.165, 1.54) is 0 Å². The van der Waals surface area contributed by atoms with Crippen LogP contribution in [0.1, 0.15) is 16.3 Å². The van der Waals surface area contributed by atoms with Crippen molar-refractivity contribution >= 4 is 11.3 Å². The van der Waals surface area contributed by atoms with Crippen molar-refractivity contribution in [3.63, 3.8) is 0 Å². The fourth-order valence-electron chi connectivity index (χ4n) is 0.904. The second kappa shape index (κ2) is 5.24. The highest BCUT2D eigenvalue weighted by atomic mass is 32.1.